The van der Waals surface area contributed by atoms with Gasteiger partial charge in [-0.25, -0.2) is 0 Å². The largest absolute Gasteiger partial charge is 0.507 e. The Morgan fingerprint density at radius 2 is 1.34 bits per heavy atom. The van der Waals surface area contributed by atoms with Crippen molar-refractivity contribution in [2.45, 2.75) is 70.6 Å². The van der Waals surface area contributed by atoms with Gasteiger partial charge in [0.05, 0.1) is 0 Å². The summed E-state index contributed by atoms with van der Waals surface area (Å²) in [4.78, 5) is 0. The van der Waals surface area contributed by atoms with Gasteiger partial charge in [0.1, 0.15) is 5.75 Å². The summed E-state index contributed by atoms with van der Waals surface area (Å²) < 4.78 is 0. The third-order valence-corrected chi connectivity index (χ3v) is 7.11. The van der Waals surface area contributed by atoms with Crippen LogP contribution in [0.5, 0.6) is 5.75 Å². The molecule has 0 unspecified atom stereocenters. The van der Waals surface area contributed by atoms with Gasteiger partial charge in [0.2, 0.25) is 0 Å². The molecule has 0 heterocycles. The summed E-state index contributed by atoms with van der Waals surface area (Å²) in [5.74, 6) is 1.07. The van der Waals surface area contributed by atoms with E-state index in [1.54, 1.807) is 0 Å². The van der Waals surface area contributed by atoms with Crippen LogP contribution in [0, 0.1) is 0 Å². The molecule has 0 atom stereocenters. The number of allylic oxidation sites excluding steroid dienone is 1. The van der Waals surface area contributed by atoms with E-state index in [9.17, 15) is 5.11 Å². The van der Waals surface area contributed by atoms with Crippen molar-refractivity contribution in [2.75, 3.05) is 0 Å². The second-order valence-electron chi connectivity index (χ2n) is 9.18. The summed E-state index contributed by atoms with van der Waals surface area (Å²) in [7, 11) is 0. The number of aromatic hydroxyl groups is 1. The van der Waals surface area contributed by atoms with E-state index < -0.39 is 0 Å². The number of hydrogen-bond donors (Lipinski definition) is 1. The lowest BCUT2D eigenvalue weighted by Gasteiger charge is -2.31. The lowest BCUT2D eigenvalue weighted by Crippen LogP contribution is -2.15. The van der Waals surface area contributed by atoms with Crippen molar-refractivity contribution in [2.24, 2.45) is 0 Å². The fourth-order valence-corrected chi connectivity index (χ4v) is 5.64. The van der Waals surface area contributed by atoms with Crippen molar-refractivity contribution in [1.29, 1.82) is 0 Å². The molecule has 0 saturated heterocycles. The predicted molar refractivity (Wildman–Crippen MR) is 136 cm³/mol. The average molecular weight is 425 g/mol. The highest BCUT2D eigenvalue weighted by Crippen LogP contribution is 2.44. The highest BCUT2D eigenvalue weighted by atomic mass is 16.3. The summed E-state index contributed by atoms with van der Waals surface area (Å²) in [5, 5.41) is 11.8. The lowest BCUT2D eigenvalue weighted by molar-refractivity contribution is 0.429. The van der Waals surface area contributed by atoms with Gasteiger partial charge in [-0.1, -0.05) is 92.9 Å². The van der Waals surface area contributed by atoms with Crippen LogP contribution >= 0.6 is 0 Å². The van der Waals surface area contributed by atoms with E-state index in [1.165, 1.54) is 59.9 Å². The van der Waals surface area contributed by atoms with E-state index in [2.05, 4.69) is 80.2 Å². The number of benzene rings is 3. The van der Waals surface area contributed by atoms with Crippen LogP contribution in [0.15, 0.2) is 73.3 Å². The van der Waals surface area contributed by atoms with Gasteiger partial charge in [0.15, 0.2) is 0 Å². The predicted octanol–water partition coefficient (Wildman–Crippen LogP) is 7.91. The van der Waals surface area contributed by atoms with Crippen LogP contribution in [-0.4, -0.2) is 5.11 Å². The van der Waals surface area contributed by atoms with Crippen LogP contribution in [0.1, 0.15) is 83.9 Å². The van der Waals surface area contributed by atoms with Gasteiger partial charge in [-0.2, -0.15) is 0 Å². The smallest absolute Gasteiger partial charge is 0.123 e. The summed E-state index contributed by atoms with van der Waals surface area (Å²) in [5.41, 5.74) is 8.98. The van der Waals surface area contributed by atoms with Gasteiger partial charge in [-0.15, -0.1) is 6.58 Å². The van der Waals surface area contributed by atoms with Crippen LogP contribution in [0.4, 0.5) is 0 Å². The first kappa shape index (κ1) is 22.4. The highest BCUT2D eigenvalue weighted by molar-refractivity contribution is 5.59. The minimum absolute atomic E-state index is 0.531. The maximum Gasteiger partial charge on any atom is 0.123 e. The molecule has 3 aromatic carbocycles. The second-order valence-corrected chi connectivity index (χ2v) is 9.18. The molecule has 1 fully saturated rings. The Labute approximate surface area is 193 Å². The maximum absolute atomic E-state index is 11.8. The van der Waals surface area contributed by atoms with E-state index in [-0.39, 0.29) is 0 Å². The first-order valence-corrected chi connectivity index (χ1v) is 12.3. The zero-order valence-corrected chi connectivity index (χ0v) is 19.4. The first-order chi connectivity index (χ1) is 15.7. The number of rotatable bonds is 8. The number of phenolic OH excluding ortho intramolecular Hbond substituents is 1. The fraction of sp³-hybridized carbons (Fsp3) is 0.355. The molecule has 1 aliphatic rings. The van der Waals surface area contributed by atoms with Crippen molar-refractivity contribution in [1.82, 2.24) is 0 Å². The zero-order chi connectivity index (χ0) is 22.3. The average Bonchev–Trinajstić information content (AvgIpc) is 2.84. The van der Waals surface area contributed by atoms with Crippen LogP contribution in [-0.2, 0) is 25.7 Å². The molecule has 1 N–H and O–H groups in total. The van der Waals surface area contributed by atoms with Crippen molar-refractivity contribution >= 4 is 0 Å². The Balaban J connectivity index is 1.93. The molecule has 0 aliphatic heterocycles. The van der Waals surface area contributed by atoms with Crippen LogP contribution in [0.25, 0.3) is 0 Å². The molecule has 0 aromatic heterocycles. The van der Waals surface area contributed by atoms with Gasteiger partial charge in [-0.3, -0.25) is 0 Å². The molecule has 166 valence electrons. The van der Waals surface area contributed by atoms with Gasteiger partial charge in [0, 0.05) is 24.0 Å². The second kappa shape index (κ2) is 10.7. The molecule has 1 nitrogen and oxygen atoms in total. The first-order valence-electron chi connectivity index (χ1n) is 12.3. The van der Waals surface area contributed by atoms with Gasteiger partial charge in [-0.05, 0) is 59.4 Å². The quantitative estimate of drug-likeness (QED) is 0.364. The molecule has 0 spiro atoms. The Bertz CT molecular complexity index is 1030. The normalized spacial score (nSPS) is 14.4. The van der Waals surface area contributed by atoms with E-state index in [0.29, 0.717) is 11.7 Å². The van der Waals surface area contributed by atoms with Crippen LogP contribution < -0.4 is 0 Å². The Kier molecular flexibility index (Phi) is 7.47. The highest BCUT2D eigenvalue weighted by Gasteiger charge is 2.28. The summed E-state index contributed by atoms with van der Waals surface area (Å²) >= 11 is 0. The third-order valence-electron chi connectivity index (χ3n) is 7.11. The Morgan fingerprint density at radius 3 is 1.88 bits per heavy atom. The summed E-state index contributed by atoms with van der Waals surface area (Å²) in [6.07, 6.45) is 11.8. The van der Waals surface area contributed by atoms with Crippen molar-refractivity contribution in [3.8, 4) is 5.75 Å². The standard InChI is InChI=1S/C31H36O/c1-3-14-27-26(4-2)28(21-23-15-8-5-9-16-23)31(32)29(22-24-17-10-6-11-18-24)30(27)25-19-12-7-13-20-25/h3,5-6,8-11,15-18,25,32H,1,4,7,12-14,19-22H2,2H3. The molecule has 1 heteroatoms. The molecule has 0 amide bonds. The van der Waals surface area contributed by atoms with Gasteiger partial charge in [0.25, 0.3) is 0 Å². The van der Waals surface area contributed by atoms with Gasteiger partial charge < -0.3 is 5.11 Å². The summed E-state index contributed by atoms with van der Waals surface area (Å²) in [6.45, 7) is 6.34. The molecule has 0 radical (unpaired) electrons. The molecular formula is C31H36O. The van der Waals surface area contributed by atoms with Crippen molar-refractivity contribution < 1.29 is 5.11 Å². The minimum atomic E-state index is 0.531. The van der Waals surface area contributed by atoms with E-state index >= 15 is 0 Å². The van der Waals surface area contributed by atoms with Crippen molar-refractivity contribution in [3.05, 3.63) is 112 Å². The minimum Gasteiger partial charge on any atom is -0.507 e. The SMILES string of the molecule is C=CCc1c(CC)c(Cc2ccccc2)c(O)c(Cc2ccccc2)c1C1CCCCC1. The van der Waals surface area contributed by atoms with Crippen LogP contribution in [0.2, 0.25) is 0 Å². The van der Waals surface area contributed by atoms with Gasteiger partial charge >= 0.3 is 0 Å². The van der Waals surface area contributed by atoms with Crippen LogP contribution in [0.3, 0.4) is 0 Å². The molecule has 4 rings (SSSR count). The summed E-state index contributed by atoms with van der Waals surface area (Å²) in [6, 6.07) is 21.2. The van der Waals surface area contributed by atoms with E-state index in [1.807, 2.05) is 0 Å². The Hall–Kier alpha value is -2.80. The zero-order valence-electron chi connectivity index (χ0n) is 19.4. The van der Waals surface area contributed by atoms with Crippen molar-refractivity contribution in [3.63, 3.8) is 0 Å². The molecule has 3 aromatic rings. The molecular weight excluding hydrogens is 388 g/mol. The third kappa shape index (κ3) is 4.83. The topological polar surface area (TPSA) is 20.2 Å². The van der Waals surface area contributed by atoms with E-state index in [4.69, 9.17) is 0 Å². The monoisotopic (exact) mass is 424 g/mol. The Morgan fingerprint density at radius 1 is 0.781 bits per heavy atom. The lowest BCUT2D eigenvalue weighted by atomic mass is 9.74. The molecule has 32 heavy (non-hydrogen) atoms. The van der Waals surface area contributed by atoms with E-state index in [0.717, 1.165) is 36.8 Å². The molecule has 0 bridgehead atoms. The maximum atomic E-state index is 11.8. The molecule has 1 saturated carbocycles. The number of phenols is 1. The molecule has 1 aliphatic carbocycles. The fourth-order valence-electron chi connectivity index (χ4n) is 5.64. The number of hydrogen-bond acceptors (Lipinski definition) is 1.